The lowest BCUT2D eigenvalue weighted by atomic mass is 10.1. The molecule has 1 fully saturated rings. The summed E-state index contributed by atoms with van der Waals surface area (Å²) in [5.74, 6) is 0.803. The van der Waals surface area contributed by atoms with Crippen LogP contribution in [0.25, 0.3) is 0 Å². The molecule has 1 amide bonds. The fourth-order valence-corrected chi connectivity index (χ4v) is 2.33. The number of carbonyl (C=O) groups excluding carboxylic acids is 1. The molecule has 0 saturated carbocycles. The molecule has 1 aliphatic heterocycles. The van der Waals surface area contributed by atoms with Gasteiger partial charge in [-0.2, -0.15) is 0 Å². The Labute approximate surface area is 120 Å². The van der Waals surface area contributed by atoms with E-state index in [0.29, 0.717) is 12.2 Å². The van der Waals surface area contributed by atoms with Crippen molar-refractivity contribution in [2.45, 2.75) is 32.7 Å². The first-order valence-corrected chi connectivity index (χ1v) is 7.19. The number of aryl methyl sites for hydroxylation is 1. The van der Waals surface area contributed by atoms with Gasteiger partial charge in [-0.3, -0.25) is 4.79 Å². The van der Waals surface area contributed by atoms with E-state index in [-0.39, 0.29) is 11.9 Å². The lowest BCUT2D eigenvalue weighted by Gasteiger charge is -2.23. The summed E-state index contributed by atoms with van der Waals surface area (Å²) in [7, 11) is 1.84. The van der Waals surface area contributed by atoms with Crippen LogP contribution >= 0.6 is 0 Å². The Morgan fingerprint density at radius 1 is 1.55 bits per heavy atom. The molecule has 1 saturated heterocycles. The van der Waals surface area contributed by atoms with E-state index in [0.717, 1.165) is 37.5 Å². The first-order chi connectivity index (χ1) is 9.61. The number of rotatable bonds is 5. The Balaban J connectivity index is 2.13. The summed E-state index contributed by atoms with van der Waals surface area (Å²) in [6.45, 7) is 6.24. The first-order valence-electron chi connectivity index (χ1n) is 7.19. The maximum atomic E-state index is 12.5. The van der Waals surface area contributed by atoms with Gasteiger partial charge in [0, 0.05) is 31.5 Å². The summed E-state index contributed by atoms with van der Waals surface area (Å²) >= 11 is 0. The van der Waals surface area contributed by atoms with Gasteiger partial charge in [-0.15, -0.1) is 0 Å². The van der Waals surface area contributed by atoms with Crippen LogP contribution in [0.1, 0.15) is 35.8 Å². The molecule has 2 rings (SSSR count). The average molecular weight is 277 g/mol. The second kappa shape index (κ2) is 6.70. The van der Waals surface area contributed by atoms with Gasteiger partial charge in [0.2, 0.25) is 0 Å². The second-order valence-electron chi connectivity index (χ2n) is 5.24. The average Bonchev–Trinajstić information content (AvgIpc) is 2.97. The van der Waals surface area contributed by atoms with Crippen molar-refractivity contribution in [2.24, 2.45) is 0 Å². The molecule has 0 aromatic carbocycles. The predicted molar refractivity (Wildman–Crippen MR) is 79.1 cm³/mol. The third kappa shape index (κ3) is 3.48. The van der Waals surface area contributed by atoms with Crippen molar-refractivity contribution in [1.82, 2.24) is 9.88 Å². The number of nitrogens with one attached hydrogen (secondary N) is 1. The van der Waals surface area contributed by atoms with E-state index in [4.69, 9.17) is 4.74 Å². The van der Waals surface area contributed by atoms with Crippen molar-refractivity contribution in [3.05, 3.63) is 23.4 Å². The maximum Gasteiger partial charge on any atom is 0.254 e. The number of hydrogen-bond donors (Lipinski definition) is 1. The van der Waals surface area contributed by atoms with E-state index in [2.05, 4.69) is 17.2 Å². The summed E-state index contributed by atoms with van der Waals surface area (Å²) in [5.41, 5.74) is 1.54. The molecule has 20 heavy (non-hydrogen) atoms. The Morgan fingerprint density at radius 3 is 3.00 bits per heavy atom. The van der Waals surface area contributed by atoms with E-state index in [1.807, 2.05) is 26.1 Å². The highest BCUT2D eigenvalue weighted by molar-refractivity contribution is 5.95. The van der Waals surface area contributed by atoms with Gasteiger partial charge in [-0.05, 0) is 31.9 Å². The molecule has 1 unspecified atom stereocenters. The van der Waals surface area contributed by atoms with Crippen molar-refractivity contribution in [2.75, 3.05) is 32.1 Å². The van der Waals surface area contributed by atoms with E-state index in [1.165, 1.54) is 0 Å². The highest BCUT2D eigenvalue weighted by atomic mass is 16.5. The summed E-state index contributed by atoms with van der Waals surface area (Å²) in [4.78, 5) is 18.7. The predicted octanol–water partition coefficient (Wildman–Crippen LogP) is 2.07. The Morgan fingerprint density at radius 2 is 2.35 bits per heavy atom. The van der Waals surface area contributed by atoms with Crippen molar-refractivity contribution < 1.29 is 9.53 Å². The number of pyridine rings is 1. The first kappa shape index (κ1) is 14.8. The minimum absolute atomic E-state index is 0.0329. The highest BCUT2D eigenvalue weighted by Gasteiger charge is 2.25. The zero-order valence-corrected chi connectivity index (χ0v) is 12.5. The summed E-state index contributed by atoms with van der Waals surface area (Å²) < 4.78 is 5.35. The summed E-state index contributed by atoms with van der Waals surface area (Å²) in [6, 6.07) is 3.85. The number of aromatic nitrogens is 1. The zero-order valence-electron chi connectivity index (χ0n) is 12.5. The smallest absolute Gasteiger partial charge is 0.254 e. The molecule has 110 valence electrons. The molecule has 1 N–H and O–H groups in total. The monoisotopic (exact) mass is 277 g/mol. The minimum Gasteiger partial charge on any atom is -0.379 e. The number of carbonyl (C=O) groups is 1. The van der Waals surface area contributed by atoms with Crippen molar-refractivity contribution in [3.63, 3.8) is 0 Å². The van der Waals surface area contributed by atoms with Gasteiger partial charge in [0.15, 0.2) is 0 Å². The molecule has 1 aromatic rings. The van der Waals surface area contributed by atoms with Crippen LogP contribution in [0.3, 0.4) is 0 Å². The molecule has 0 aliphatic carbocycles. The molecular weight excluding hydrogens is 254 g/mol. The van der Waals surface area contributed by atoms with Crippen LogP contribution in [0.2, 0.25) is 0 Å². The Bertz CT molecular complexity index is 470. The third-order valence-electron chi connectivity index (χ3n) is 3.53. The van der Waals surface area contributed by atoms with Crippen molar-refractivity contribution in [1.29, 1.82) is 0 Å². The minimum atomic E-state index is 0.0329. The molecule has 0 radical (unpaired) electrons. The topological polar surface area (TPSA) is 54.5 Å². The lowest BCUT2D eigenvalue weighted by Crippen LogP contribution is -2.37. The van der Waals surface area contributed by atoms with Crippen LogP contribution in [0.4, 0.5) is 5.82 Å². The summed E-state index contributed by atoms with van der Waals surface area (Å²) in [5, 5.41) is 3.23. The highest BCUT2D eigenvalue weighted by Crippen LogP contribution is 2.17. The number of hydrogen-bond acceptors (Lipinski definition) is 4. The van der Waals surface area contributed by atoms with Crippen LogP contribution in [0, 0.1) is 6.92 Å². The number of amides is 1. The fourth-order valence-electron chi connectivity index (χ4n) is 2.33. The van der Waals surface area contributed by atoms with Crippen LogP contribution in [0.5, 0.6) is 0 Å². The number of nitrogens with zero attached hydrogens (tertiary/aromatic N) is 2. The van der Waals surface area contributed by atoms with Crippen LogP contribution in [-0.4, -0.2) is 48.6 Å². The second-order valence-corrected chi connectivity index (χ2v) is 5.24. The van der Waals surface area contributed by atoms with E-state index in [9.17, 15) is 4.79 Å². The fraction of sp³-hybridized carbons (Fsp3) is 0.600. The number of likely N-dealkylation sites (N-methyl/N-ethyl adjacent to an activating group) is 1. The standard InChI is InChI=1S/C15H23N3O2/c1-4-6-16-14-9-12(8-11(2)17-14)15(19)18(3)13-5-7-20-10-13/h8-9,13H,4-7,10H2,1-3H3,(H,16,17). The molecule has 1 atom stereocenters. The van der Waals surface area contributed by atoms with E-state index < -0.39 is 0 Å². The van der Waals surface area contributed by atoms with E-state index >= 15 is 0 Å². The third-order valence-corrected chi connectivity index (χ3v) is 3.53. The number of anilines is 1. The van der Waals surface area contributed by atoms with Crippen molar-refractivity contribution in [3.8, 4) is 0 Å². The van der Waals surface area contributed by atoms with E-state index in [1.54, 1.807) is 4.90 Å². The zero-order chi connectivity index (χ0) is 14.5. The molecule has 0 bridgehead atoms. The molecule has 5 nitrogen and oxygen atoms in total. The van der Waals surface area contributed by atoms with Gasteiger partial charge < -0.3 is 15.0 Å². The lowest BCUT2D eigenvalue weighted by molar-refractivity contribution is 0.0711. The molecule has 0 spiro atoms. The van der Waals surface area contributed by atoms with Crippen LogP contribution < -0.4 is 5.32 Å². The molecule has 5 heteroatoms. The largest absolute Gasteiger partial charge is 0.379 e. The molecule has 1 aliphatic rings. The van der Waals surface area contributed by atoms with Gasteiger partial charge >= 0.3 is 0 Å². The number of ether oxygens (including phenoxy) is 1. The Hall–Kier alpha value is -1.62. The molecule has 2 heterocycles. The van der Waals surface area contributed by atoms with Crippen LogP contribution in [-0.2, 0) is 4.74 Å². The SMILES string of the molecule is CCCNc1cc(C(=O)N(C)C2CCOC2)cc(C)n1. The maximum absolute atomic E-state index is 12.5. The normalized spacial score (nSPS) is 18.1. The molecular formula is C15H23N3O2. The van der Waals surface area contributed by atoms with Gasteiger partial charge in [0.25, 0.3) is 5.91 Å². The summed E-state index contributed by atoms with van der Waals surface area (Å²) in [6.07, 6.45) is 1.94. The van der Waals surface area contributed by atoms with Crippen molar-refractivity contribution >= 4 is 11.7 Å². The van der Waals surface area contributed by atoms with Gasteiger partial charge in [0.05, 0.1) is 12.6 Å². The van der Waals surface area contributed by atoms with Gasteiger partial charge in [-0.1, -0.05) is 6.92 Å². The van der Waals surface area contributed by atoms with Gasteiger partial charge in [0.1, 0.15) is 5.82 Å². The van der Waals surface area contributed by atoms with Crippen LogP contribution in [0.15, 0.2) is 12.1 Å². The molecule has 1 aromatic heterocycles. The quantitative estimate of drug-likeness (QED) is 0.895. The van der Waals surface area contributed by atoms with Gasteiger partial charge in [-0.25, -0.2) is 4.98 Å². The Kier molecular flexibility index (Phi) is 4.95.